The van der Waals surface area contributed by atoms with Gasteiger partial charge in [-0.05, 0) is 38.0 Å². The third kappa shape index (κ3) is 3.49. The van der Waals surface area contributed by atoms with Crippen LogP contribution in [0.2, 0.25) is 0 Å². The third-order valence-electron chi connectivity index (χ3n) is 3.99. The van der Waals surface area contributed by atoms with Gasteiger partial charge in [0.05, 0.1) is 23.1 Å². The maximum atomic E-state index is 6.28. The molecule has 1 aromatic heterocycles. The lowest BCUT2D eigenvalue weighted by atomic mass is 10.1. The van der Waals surface area contributed by atoms with Crippen molar-refractivity contribution in [2.45, 2.75) is 46.1 Å². The molecule has 2 rings (SSSR count). The second-order valence-electron chi connectivity index (χ2n) is 5.53. The normalized spacial score (nSPS) is 12.6. The Hall–Kier alpha value is -1.29. The molecule has 21 heavy (non-hydrogen) atoms. The molecule has 0 saturated heterocycles. The Bertz CT molecular complexity index is 607. The van der Waals surface area contributed by atoms with Crippen LogP contribution in [-0.4, -0.2) is 17.6 Å². The molecule has 1 aromatic carbocycles. The van der Waals surface area contributed by atoms with Crippen LogP contribution in [0.25, 0.3) is 10.9 Å². The number of nitrogens with zero attached hydrogens (tertiary/aromatic N) is 2. The minimum Gasteiger partial charge on any atom is -0.396 e. The van der Waals surface area contributed by atoms with E-state index in [0.29, 0.717) is 6.04 Å². The number of pyridine rings is 1. The highest BCUT2D eigenvalue weighted by atomic mass is 79.9. The summed E-state index contributed by atoms with van der Waals surface area (Å²) in [5.74, 6) is 0. The number of rotatable bonds is 6. The Morgan fingerprint density at radius 2 is 2.10 bits per heavy atom. The topological polar surface area (TPSA) is 42.1 Å². The third-order valence-corrected chi connectivity index (χ3v) is 4.49. The maximum Gasteiger partial charge on any atom is 0.0745 e. The number of fused-ring (bicyclic) bond motifs is 1. The summed E-state index contributed by atoms with van der Waals surface area (Å²) < 4.78 is 1.06. The molecule has 4 heteroatoms. The molecule has 2 N–H and O–H groups in total. The van der Waals surface area contributed by atoms with Gasteiger partial charge in [-0.2, -0.15) is 0 Å². The first-order chi connectivity index (χ1) is 10.1. The molecule has 0 saturated carbocycles. The van der Waals surface area contributed by atoms with Gasteiger partial charge in [-0.15, -0.1) is 0 Å². The first-order valence-corrected chi connectivity index (χ1v) is 8.48. The van der Waals surface area contributed by atoms with Crippen molar-refractivity contribution in [2.75, 3.05) is 17.2 Å². The van der Waals surface area contributed by atoms with Gasteiger partial charge in [-0.25, -0.2) is 0 Å². The Morgan fingerprint density at radius 3 is 2.76 bits per heavy atom. The molecule has 1 unspecified atom stereocenters. The number of aromatic nitrogens is 1. The predicted molar refractivity (Wildman–Crippen MR) is 95.9 cm³/mol. The molecular weight excluding hydrogens is 326 g/mol. The fourth-order valence-corrected chi connectivity index (χ4v) is 2.95. The summed E-state index contributed by atoms with van der Waals surface area (Å²) >= 11 is 3.56. The summed E-state index contributed by atoms with van der Waals surface area (Å²) in [7, 11) is 0. The van der Waals surface area contributed by atoms with Crippen LogP contribution in [0.15, 0.2) is 28.9 Å². The van der Waals surface area contributed by atoms with Crippen LogP contribution in [0.1, 0.15) is 40.0 Å². The van der Waals surface area contributed by atoms with Crippen molar-refractivity contribution in [2.24, 2.45) is 0 Å². The second kappa shape index (κ2) is 7.12. The highest BCUT2D eigenvalue weighted by Gasteiger charge is 2.18. The molecule has 0 spiro atoms. The van der Waals surface area contributed by atoms with Gasteiger partial charge < -0.3 is 10.6 Å². The van der Waals surface area contributed by atoms with Crippen molar-refractivity contribution in [1.82, 2.24) is 4.98 Å². The zero-order valence-electron chi connectivity index (χ0n) is 13.1. The number of benzene rings is 1. The van der Waals surface area contributed by atoms with Gasteiger partial charge in [0.1, 0.15) is 0 Å². The first-order valence-electron chi connectivity index (χ1n) is 7.68. The van der Waals surface area contributed by atoms with E-state index in [0.717, 1.165) is 39.7 Å². The number of anilines is 2. The van der Waals surface area contributed by atoms with Gasteiger partial charge in [0.2, 0.25) is 0 Å². The fraction of sp³-hybridized carbons (Fsp3) is 0.471. The zero-order valence-corrected chi connectivity index (χ0v) is 14.7. The Morgan fingerprint density at radius 1 is 1.33 bits per heavy atom. The monoisotopic (exact) mass is 349 g/mol. The molecule has 0 radical (unpaired) electrons. The molecule has 1 atom stereocenters. The Kier molecular flexibility index (Phi) is 5.45. The summed E-state index contributed by atoms with van der Waals surface area (Å²) in [5, 5.41) is 1.13. The Labute approximate surface area is 135 Å². The van der Waals surface area contributed by atoms with Crippen LogP contribution in [0.5, 0.6) is 0 Å². The largest absolute Gasteiger partial charge is 0.396 e. The minimum atomic E-state index is 0.462. The molecule has 3 nitrogen and oxygen atoms in total. The zero-order chi connectivity index (χ0) is 15.4. The van der Waals surface area contributed by atoms with Crippen LogP contribution in [0.4, 0.5) is 11.4 Å². The van der Waals surface area contributed by atoms with Crippen LogP contribution in [0.3, 0.4) is 0 Å². The molecular formula is C17H24BrN3. The van der Waals surface area contributed by atoms with Gasteiger partial charge in [0.15, 0.2) is 0 Å². The van der Waals surface area contributed by atoms with Crippen molar-refractivity contribution in [3.8, 4) is 0 Å². The van der Waals surface area contributed by atoms with Gasteiger partial charge in [-0.3, -0.25) is 4.98 Å². The molecule has 0 amide bonds. The maximum absolute atomic E-state index is 6.28. The number of unbranched alkanes of at least 4 members (excludes halogenated alkanes) is 1. The van der Waals surface area contributed by atoms with E-state index in [1.54, 1.807) is 6.20 Å². The molecule has 0 aliphatic rings. The van der Waals surface area contributed by atoms with Crippen molar-refractivity contribution in [3.05, 3.63) is 28.9 Å². The Balaban J connectivity index is 2.59. The van der Waals surface area contributed by atoms with Gasteiger partial charge >= 0.3 is 0 Å². The van der Waals surface area contributed by atoms with Gasteiger partial charge in [-0.1, -0.05) is 36.2 Å². The lowest BCUT2D eigenvalue weighted by molar-refractivity contribution is 0.598. The van der Waals surface area contributed by atoms with E-state index >= 15 is 0 Å². The van der Waals surface area contributed by atoms with Gasteiger partial charge in [0.25, 0.3) is 0 Å². The quantitative estimate of drug-likeness (QED) is 0.798. The summed E-state index contributed by atoms with van der Waals surface area (Å²) in [4.78, 5) is 6.90. The highest BCUT2D eigenvalue weighted by molar-refractivity contribution is 9.10. The standard InChI is InChI=1S/C17H24BrN3/c1-4-6-9-21(12(3)5-2)17-14-10-13(18)7-8-16(14)20-11-15(17)19/h7-8,10-12H,4-6,9,19H2,1-3H3. The molecule has 114 valence electrons. The van der Waals surface area contributed by atoms with E-state index in [9.17, 15) is 0 Å². The molecule has 2 aromatic rings. The average molecular weight is 350 g/mol. The average Bonchev–Trinajstić information content (AvgIpc) is 2.48. The SMILES string of the molecule is CCCCN(c1c(N)cnc2ccc(Br)cc12)C(C)CC. The highest BCUT2D eigenvalue weighted by Crippen LogP contribution is 2.35. The van der Waals surface area contributed by atoms with Crippen molar-refractivity contribution >= 4 is 38.2 Å². The fourth-order valence-electron chi connectivity index (χ4n) is 2.59. The number of hydrogen-bond donors (Lipinski definition) is 1. The van der Waals surface area contributed by atoms with Crippen LogP contribution in [0, 0.1) is 0 Å². The lowest BCUT2D eigenvalue weighted by Crippen LogP contribution is -2.34. The van der Waals surface area contributed by atoms with E-state index in [1.165, 1.54) is 12.8 Å². The van der Waals surface area contributed by atoms with E-state index < -0.39 is 0 Å². The number of nitrogen functional groups attached to an aromatic ring is 1. The summed E-state index contributed by atoms with van der Waals surface area (Å²) in [6.45, 7) is 7.74. The summed E-state index contributed by atoms with van der Waals surface area (Å²) in [6.07, 6.45) is 5.23. The molecule has 1 heterocycles. The first kappa shape index (κ1) is 16.1. The molecule has 0 bridgehead atoms. The van der Waals surface area contributed by atoms with Crippen molar-refractivity contribution in [1.29, 1.82) is 0 Å². The van der Waals surface area contributed by atoms with E-state index in [4.69, 9.17) is 5.73 Å². The summed E-state index contributed by atoms with van der Waals surface area (Å²) in [6, 6.07) is 6.64. The van der Waals surface area contributed by atoms with Crippen LogP contribution < -0.4 is 10.6 Å². The van der Waals surface area contributed by atoms with Crippen LogP contribution in [-0.2, 0) is 0 Å². The van der Waals surface area contributed by atoms with Gasteiger partial charge in [0, 0.05) is 22.4 Å². The van der Waals surface area contributed by atoms with Crippen molar-refractivity contribution < 1.29 is 0 Å². The second-order valence-corrected chi connectivity index (χ2v) is 6.44. The number of hydrogen-bond acceptors (Lipinski definition) is 3. The summed E-state index contributed by atoms with van der Waals surface area (Å²) in [5.41, 5.74) is 9.17. The van der Waals surface area contributed by atoms with Crippen molar-refractivity contribution in [3.63, 3.8) is 0 Å². The van der Waals surface area contributed by atoms with E-state index in [2.05, 4.69) is 52.7 Å². The molecule has 0 fully saturated rings. The van der Waals surface area contributed by atoms with E-state index in [1.807, 2.05) is 12.1 Å². The molecule has 0 aliphatic carbocycles. The number of nitrogens with two attached hydrogens (primary N) is 1. The molecule has 0 aliphatic heterocycles. The predicted octanol–water partition coefficient (Wildman–Crippen LogP) is 4.98. The minimum absolute atomic E-state index is 0.462. The van der Waals surface area contributed by atoms with Crippen LogP contribution >= 0.6 is 15.9 Å². The smallest absolute Gasteiger partial charge is 0.0745 e. The number of halogens is 1. The van der Waals surface area contributed by atoms with E-state index in [-0.39, 0.29) is 0 Å². The lowest BCUT2D eigenvalue weighted by Gasteiger charge is -2.32.